The fraction of sp³-hybridized carbons (Fsp3) is 0.444. The lowest BCUT2D eigenvalue weighted by atomic mass is 10.00. The summed E-state index contributed by atoms with van der Waals surface area (Å²) in [5.41, 5.74) is 2.09. The van der Waals surface area contributed by atoms with Crippen molar-refractivity contribution in [1.82, 2.24) is 0 Å². The molecule has 0 heterocycles. The van der Waals surface area contributed by atoms with Crippen LogP contribution in [-0.2, 0) is 20.7 Å². The Morgan fingerprint density at radius 1 is 1.30 bits per heavy atom. The summed E-state index contributed by atoms with van der Waals surface area (Å²) in [4.78, 5) is 25.2. The lowest BCUT2D eigenvalue weighted by Crippen LogP contribution is -2.34. The van der Waals surface area contributed by atoms with Gasteiger partial charge in [0.05, 0.1) is 19.2 Å². The van der Waals surface area contributed by atoms with E-state index in [0.717, 1.165) is 11.1 Å². The summed E-state index contributed by atoms with van der Waals surface area (Å²) in [6, 6.07) is 3.47. The highest BCUT2D eigenvalue weighted by molar-refractivity contribution is 5.89. The van der Waals surface area contributed by atoms with Crippen LogP contribution >= 0.6 is 0 Å². The fourth-order valence-electron chi connectivity index (χ4n) is 2.03. The molecular weight excluding hydrogens is 294 g/mol. The van der Waals surface area contributed by atoms with Gasteiger partial charge in [-0.15, -0.1) is 6.42 Å². The molecule has 0 spiro atoms. The summed E-state index contributed by atoms with van der Waals surface area (Å²) in [5.74, 6) is 2.17. The first kappa shape index (κ1) is 18.6. The molecule has 0 unspecified atom stereocenters. The van der Waals surface area contributed by atoms with Gasteiger partial charge in [-0.25, -0.2) is 4.79 Å². The first-order chi connectivity index (χ1) is 10.6. The Kier molecular flexibility index (Phi) is 5.80. The molecule has 0 aliphatic rings. The summed E-state index contributed by atoms with van der Waals surface area (Å²) in [7, 11) is 2.94. The largest absolute Gasteiger partial charge is 0.469 e. The van der Waals surface area contributed by atoms with Gasteiger partial charge in [0.1, 0.15) is 5.60 Å². The molecule has 0 aromatic heterocycles. The summed E-state index contributed by atoms with van der Waals surface area (Å²) in [6.07, 6.45) is 5.08. The van der Waals surface area contributed by atoms with Crippen molar-refractivity contribution in [2.45, 2.75) is 39.7 Å². The van der Waals surface area contributed by atoms with Gasteiger partial charge in [0.25, 0.3) is 0 Å². The van der Waals surface area contributed by atoms with E-state index in [1.165, 1.54) is 12.0 Å². The van der Waals surface area contributed by atoms with Crippen molar-refractivity contribution in [2.24, 2.45) is 0 Å². The van der Waals surface area contributed by atoms with Crippen molar-refractivity contribution < 1.29 is 19.1 Å². The third-order valence-corrected chi connectivity index (χ3v) is 3.25. The van der Waals surface area contributed by atoms with Crippen LogP contribution in [0.4, 0.5) is 10.5 Å². The molecule has 5 heteroatoms. The van der Waals surface area contributed by atoms with Crippen molar-refractivity contribution in [2.75, 3.05) is 19.1 Å². The van der Waals surface area contributed by atoms with E-state index < -0.39 is 11.7 Å². The Bertz CT molecular complexity index is 650. The number of amides is 1. The number of hydrogen-bond acceptors (Lipinski definition) is 4. The molecule has 0 aliphatic heterocycles. The number of esters is 1. The standard InChI is InChI=1S/C18H23NO4/c1-8-13-9-14(11-16(20)22-7)12(2)15(10-13)19(6)17(21)23-18(3,4)5/h1,9-10H,11H2,2-7H3. The quantitative estimate of drug-likeness (QED) is 0.635. The summed E-state index contributed by atoms with van der Waals surface area (Å²) in [5, 5.41) is 0. The second-order valence-corrected chi connectivity index (χ2v) is 6.22. The third-order valence-electron chi connectivity index (χ3n) is 3.25. The average Bonchev–Trinajstić information content (AvgIpc) is 2.46. The number of methoxy groups -OCH3 is 1. The number of anilines is 1. The lowest BCUT2D eigenvalue weighted by molar-refractivity contribution is -0.139. The van der Waals surface area contributed by atoms with Crippen LogP contribution in [-0.4, -0.2) is 31.8 Å². The van der Waals surface area contributed by atoms with Gasteiger partial charge in [0.2, 0.25) is 0 Å². The number of benzene rings is 1. The molecule has 0 aliphatic carbocycles. The SMILES string of the molecule is C#Cc1cc(CC(=O)OC)c(C)c(N(C)C(=O)OC(C)(C)C)c1. The van der Waals surface area contributed by atoms with Crippen LogP contribution in [0.5, 0.6) is 0 Å². The second-order valence-electron chi connectivity index (χ2n) is 6.22. The monoisotopic (exact) mass is 317 g/mol. The Labute approximate surface area is 137 Å². The van der Waals surface area contributed by atoms with Crippen molar-refractivity contribution >= 4 is 17.7 Å². The zero-order valence-electron chi connectivity index (χ0n) is 14.5. The van der Waals surface area contributed by atoms with E-state index in [1.807, 2.05) is 6.92 Å². The fourth-order valence-corrected chi connectivity index (χ4v) is 2.03. The molecule has 0 bridgehead atoms. The van der Waals surface area contributed by atoms with E-state index in [2.05, 4.69) is 5.92 Å². The van der Waals surface area contributed by atoms with Gasteiger partial charge < -0.3 is 9.47 Å². The number of carbonyl (C=O) groups is 2. The van der Waals surface area contributed by atoms with Crippen LogP contribution in [0, 0.1) is 19.3 Å². The first-order valence-electron chi connectivity index (χ1n) is 7.22. The highest BCUT2D eigenvalue weighted by Crippen LogP contribution is 2.26. The minimum atomic E-state index is -0.599. The molecule has 0 atom stereocenters. The van der Waals surface area contributed by atoms with Crippen LogP contribution in [0.1, 0.15) is 37.5 Å². The van der Waals surface area contributed by atoms with E-state index in [9.17, 15) is 9.59 Å². The Morgan fingerprint density at radius 2 is 1.91 bits per heavy atom. The van der Waals surface area contributed by atoms with Crippen molar-refractivity contribution in [3.63, 3.8) is 0 Å². The number of rotatable bonds is 3. The van der Waals surface area contributed by atoms with Crippen LogP contribution in [0.3, 0.4) is 0 Å². The normalized spacial score (nSPS) is 10.7. The van der Waals surface area contributed by atoms with E-state index in [-0.39, 0.29) is 12.4 Å². The number of terminal acetylenes is 1. The van der Waals surface area contributed by atoms with Crippen molar-refractivity contribution in [3.8, 4) is 12.3 Å². The molecule has 124 valence electrons. The highest BCUT2D eigenvalue weighted by atomic mass is 16.6. The maximum atomic E-state index is 12.3. The number of nitrogens with zero attached hydrogens (tertiary/aromatic N) is 1. The van der Waals surface area contributed by atoms with Crippen LogP contribution in [0.25, 0.3) is 0 Å². The van der Waals surface area contributed by atoms with Crippen molar-refractivity contribution in [3.05, 3.63) is 28.8 Å². The zero-order valence-corrected chi connectivity index (χ0v) is 14.5. The molecule has 0 radical (unpaired) electrons. The smallest absolute Gasteiger partial charge is 0.414 e. The molecule has 0 saturated heterocycles. The minimum absolute atomic E-state index is 0.0903. The molecule has 5 nitrogen and oxygen atoms in total. The molecule has 1 amide bonds. The predicted molar refractivity (Wildman–Crippen MR) is 89.5 cm³/mol. The van der Waals surface area contributed by atoms with Crippen LogP contribution in [0.2, 0.25) is 0 Å². The maximum Gasteiger partial charge on any atom is 0.414 e. The second kappa shape index (κ2) is 7.19. The van der Waals surface area contributed by atoms with E-state index in [1.54, 1.807) is 40.0 Å². The lowest BCUT2D eigenvalue weighted by Gasteiger charge is -2.26. The van der Waals surface area contributed by atoms with Gasteiger partial charge in [0.15, 0.2) is 0 Å². The number of ether oxygens (including phenoxy) is 2. The van der Waals surface area contributed by atoms with Gasteiger partial charge in [-0.3, -0.25) is 9.69 Å². The molecule has 23 heavy (non-hydrogen) atoms. The molecule has 1 rings (SSSR count). The molecule has 0 fully saturated rings. The molecule has 0 N–H and O–H groups in total. The summed E-state index contributed by atoms with van der Waals surface area (Å²) in [6.45, 7) is 7.22. The van der Waals surface area contributed by atoms with Gasteiger partial charge >= 0.3 is 12.1 Å². The molecular formula is C18H23NO4. The molecule has 1 aromatic rings. The number of carbonyl (C=O) groups excluding carboxylic acids is 2. The van der Waals surface area contributed by atoms with E-state index in [0.29, 0.717) is 11.3 Å². The van der Waals surface area contributed by atoms with Crippen LogP contribution in [0.15, 0.2) is 12.1 Å². The Balaban J connectivity index is 3.24. The van der Waals surface area contributed by atoms with Crippen LogP contribution < -0.4 is 4.90 Å². The average molecular weight is 317 g/mol. The maximum absolute atomic E-state index is 12.3. The first-order valence-corrected chi connectivity index (χ1v) is 7.22. The van der Waals surface area contributed by atoms with Gasteiger partial charge in [-0.1, -0.05) is 5.92 Å². The Hall–Kier alpha value is -2.48. The molecule has 1 aromatic carbocycles. The summed E-state index contributed by atoms with van der Waals surface area (Å²) >= 11 is 0. The highest BCUT2D eigenvalue weighted by Gasteiger charge is 2.23. The Morgan fingerprint density at radius 3 is 2.39 bits per heavy atom. The minimum Gasteiger partial charge on any atom is -0.469 e. The topological polar surface area (TPSA) is 55.8 Å². The van der Waals surface area contributed by atoms with Gasteiger partial charge in [-0.05, 0) is 51.0 Å². The van der Waals surface area contributed by atoms with Crippen molar-refractivity contribution in [1.29, 1.82) is 0 Å². The predicted octanol–water partition coefficient (Wildman–Crippen LogP) is 3.06. The number of hydrogen-bond donors (Lipinski definition) is 0. The zero-order chi connectivity index (χ0) is 17.8. The van der Waals surface area contributed by atoms with Gasteiger partial charge in [-0.2, -0.15) is 0 Å². The van der Waals surface area contributed by atoms with Gasteiger partial charge in [0, 0.05) is 12.6 Å². The third kappa shape index (κ3) is 5.03. The molecule has 0 saturated carbocycles. The summed E-state index contributed by atoms with van der Waals surface area (Å²) < 4.78 is 10.1. The van der Waals surface area contributed by atoms with E-state index >= 15 is 0 Å². The van der Waals surface area contributed by atoms with E-state index in [4.69, 9.17) is 15.9 Å².